The fourth-order valence-corrected chi connectivity index (χ4v) is 3.54. The Balaban J connectivity index is 1.68. The third-order valence-corrected chi connectivity index (χ3v) is 5.15. The fourth-order valence-electron chi connectivity index (χ4n) is 3.54. The van der Waals surface area contributed by atoms with Crippen molar-refractivity contribution in [3.63, 3.8) is 0 Å². The summed E-state index contributed by atoms with van der Waals surface area (Å²) in [5, 5.41) is 13.8. The van der Waals surface area contributed by atoms with Crippen molar-refractivity contribution in [1.29, 1.82) is 5.41 Å². The minimum Gasteiger partial charge on any atom is -0.444 e. The van der Waals surface area contributed by atoms with Crippen LogP contribution >= 0.6 is 0 Å². The number of nitrogens with zero attached hydrogens (tertiary/aromatic N) is 3. The first-order chi connectivity index (χ1) is 14.6. The minimum absolute atomic E-state index is 0.0376. The van der Waals surface area contributed by atoms with E-state index in [1.165, 1.54) is 4.90 Å². The summed E-state index contributed by atoms with van der Waals surface area (Å²) in [5.41, 5.74) is 1.72. The van der Waals surface area contributed by atoms with Crippen molar-refractivity contribution in [2.45, 2.75) is 32.8 Å². The number of carbonyl (C=O) groups excluding carboxylic acids is 3. The summed E-state index contributed by atoms with van der Waals surface area (Å²) in [6.07, 6.45) is -0.131. The Labute approximate surface area is 182 Å². The van der Waals surface area contributed by atoms with Crippen molar-refractivity contribution in [3.8, 4) is 0 Å². The second-order valence-corrected chi connectivity index (χ2v) is 8.54. The highest BCUT2D eigenvalue weighted by atomic mass is 16.6. The van der Waals surface area contributed by atoms with Gasteiger partial charge in [0.1, 0.15) is 11.4 Å². The van der Waals surface area contributed by atoms with Gasteiger partial charge in [0.05, 0.1) is 0 Å². The average Bonchev–Trinajstić information content (AvgIpc) is 2.71. The van der Waals surface area contributed by atoms with Crippen LogP contribution in [0.15, 0.2) is 18.2 Å². The highest BCUT2D eigenvalue weighted by Gasteiger charge is 2.29. The number of amides is 4. The fraction of sp³-hybridized carbons (Fsp3) is 0.524. The Hall–Kier alpha value is -3.30. The van der Waals surface area contributed by atoms with Crippen LogP contribution in [-0.2, 0) is 9.53 Å². The smallest absolute Gasteiger partial charge is 0.410 e. The van der Waals surface area contributed by atoms with Gasteiger partial charge >= 0.3 is 12.1 Å². The molecule has 0 atom stereocenters. The van der Waals surface area contributed by atoms with E-state index >= 15 is 0 Å². The Kier molecular flexibility index (Phi) is 6.37. The summed E-state index contributed by atoms with van der Waals surface area (Å²) >= 11 is 0. The van der Waals surface area contributed by atoms with Crippen molar-refractivity contribution >= 4 is 35.2 Å². The van der Waals surface area contributed by atoms with Gasteiger partial charge < -0.3 is 19.9 Å². The van der Waals surface area contributed by atoms with Gasteiger partial charge in [-0.3, -0.25) is 20.4 Å². The van der Waals surface area contributed by atoms with Gasteiger partial charge in [0.2, 0.25) is 5.91 Å². The number of urea groups is 1. The molecule has 2 aliphatic heterocycles. The SMILES string of the molecule is CNc1cc(N2CCN(C(=O)OC(C)(C)C)CC2)ccc1C(=N)N1CCC(=O)NC1=O. The molecular formula is C21H30N6O4. The first kappa shape index (κ1) is 22.4. The standard InChI is InChI=1S/C21H30N6O4/c1-21(2,3)31-20(30)26-11-9-25(10-12-26)14-5-6-15(16(13-14)23-4)18(22)27-8-7-17(28)24-19(27)29/h5-6,13,22-23H,7-12H2,1-4H3,(H,24,28,29). The number of amidine groups is 1. The summed E-state index contributed by atoms with van der Waals surface area (Å²) < 4.78 is 5.45. The Morgan fingerprint density at radius 2 is 1.81 bits per heavy atom. The number of carbonyl (C=O) groups is 3. The number of piperazine rings is 1. The zero-order valence-corrected chi connectivity index (χ0v) is 18.4. The molecule has 0 radical (unpaired) electrons. The maximum Gasteiger partial charge on any atom is 0.410 e. The number of ether oxygens (including phenoxy) is 1. The lowest BCUT2D eigenvalue weighted by Gasteiger charge is -2.37. The van der Waals surface area contributed by atoms with Crippen LogP contribution < -0.4 is 15.5 Å². The quantitative estimate of drug-likeness (QED) is 0.499. The molecule has 1 aromatic carbocycles. The maximum absolute atomic E-state index is 12.3. The van der Waals surface area contributed by atoms with Crippen LogP contribution in [0, 0.1) is 5.41 Å². The van der Waals surface area contributed by atoms with Crippen molar-refractivity contribution in [2.75, 3.05) is 50.0 Å². The van der Waals surface area contributed by atoms with E-state index in [9.17, 15) is 14.4 Å². The molecular weight excluding hydrogens is 400 g/mol. The molecule has 0 bridgehead atoms. The van der Waals surface area contributed by atoms with Crippen LogP contribution in [0.5, 0.6) is 0 Å². The van der Waals surface area contributed by atoms with Gasteiger partial charge in [-0.2, -0.15) is 0 Å². The molecule has 168 valence electrons. The molecule has 31 heavy (non-hydrogen) atoms. The van der Waals surface area contributed by atoms with E-state index in [1.54, 1.807) is 18.0 Å². The summed E-state index contributed by atoms with van der Waals surface area (Å²) in [4.78, 5) is 40.9. The third kappa shape index (κ3) is 5.25. The van der Waals surface area contributed by atoms with E-state index in [1.807, 2.05) is 32.9 Å². The molecule has 2 aliphatic rings. The van der Waals surface area contributed by atoms with Crippen molar-refractivity contribution in [3.05, 3.63) is 23.8 Å². The summed E-state index contributed by atoms with van der Waals surface area (Å²) in [7, 11) is 1.76. The van der Waals surface area contributed by atoms with Crippen LogP contribution in [0.2, 0.25) is 0 Å². The van der Waals surface area contributed by atoms with Gasteiger partial charge in [0, 0.05) is 63.1 Å². The zero-order valence-electron chi connectivity index (χ0n) is 18.4. The normalized spacial score (nSPS) is 17.4. The van der Waals surface area contributed by atoms with Crippen LogP contribution in [0.1, 0.15) is 32.8 Å². The maximum atomic E-state index is 12.3. The van der Waals surface area contributed by atoms with E-state index in [4.69, 9.17) is 10.1 Å². The monoisotopic (exact) mass is 430 g/mol. The van der Waals surface area contributed by atoms with E-state index in [0.717, 1.165) is 5.69 Å². The number of hydrogen-bond acceptors (Lipinski definition) is 7. The molecule has 2 heterocycles. The van der Waals surface area contributed by atoms with Crippen LogP contribution in [-0.4, -0.2) is 79.0 Å². The van der Waals surface area contributed by atoms with Crippen LogP contribution in [0.4, 0.5) is 21.0 Å². The highest BCUT2D eigenvalue weighted by Crippen LogP contribution is 2.26. The van der Waals surface area contributed by atoms with E-state index in [0.29, 0.717) is 37.4 Å². The van der Waals surface area contributed by atoms with Crippen molar-refractivity contribution in [1.82, 2.24) is 15.1 Å². The molecule has 3 rings (SSSR count). The first-order valence-corrected chi connectivity index (χ1v) is 10.3. The number of benzene rings is 1. The first-order valence-electron chi connectivity index (χ1n) is 10.3. The zero-order chi connectivity index (χ0) is 22.8. The minimum atomic E-state index is -0.578. The van der Waals surface area contributed by atoms with Gasteiger partial charge in [-0.05, 0) is 39.0 Å². The number of anilines is 2. The van der Waals surface area contributed by atoms with Crippen molar-refractivity contribution in [2.24, 2.45) is 0 Å². The highest BCUT2D eigenvalue weighted by molar-refractivity contribution is 6.12. The van der Waals surface area contributed by atoms with Crippen LogP contribution in [0.3, 0.4) is 0 Å². The Morgan fingerprint density at radius 3 is 2.39 bits per heavy atom. The van der Waals surface area contributed by atoms with E-state index < -0.39 is 11.6 Å². The summed E-state index contributed by atoms with van der Waals surface area (Å²) in [6, 6.07) is 5.06. The Bertz CT molecular complexity index is 886. The molecule has 4 amide bonds. The molecule has 0 saturated carbocycles. The lowest BCUT2D eigenvalue weighted by Crippen LogP contribution is -2.52. The van der Waals surface area contributed by atoms with E-state index in [2.05, 4.69) is 15.5 Å². The van der Waals surface area contributed by atoms with Gasteiger partial charge in [-0.1, -0.05) is 0 Å². The number of imide groups is 1. The second kappa shape index (κ2) is 8.83. The molecule has 10 heteroatoms. The number of rotatable bonds is 3. The average molecular weight is 431 g/mol. The molecule has 0 aliphatic carbocycles. The molecule has 0 spiro atoms. The largest absolute Gasteiger partial charge is 0.444 e. The molecule has 0 unspecified atom stereocenters. The summed E-state index contributed by atoms with van der Waals surface area (Å²) in [6.45, 7) is 8.18. The van der Waals surface area contributed by atoms with Gasteiger partial charge in [0.25, 0.3) is 0 Å². The molecule has 3 N–H and O–H groups in total. The third-order valence-electron chi connectivity index (χ3n) is 5.15. The van der Waals surface area contributed by atoms with Gasteiger partial charge in [-0.15, -0.1) is 0 Å². The molecule has 2 fully saturated rings. The lowest BCUT2D eigenvalue weighted by atomic mass is 10.1. The van der Waals surface area contributed by atoms with Crippen molar-refractivity contribution < 1.29 is 19.1 Å². The van der Waals surface area contributed by atoms with E-state index in [-0.39, 0.29) is 30.8 Å². The predicted molar refractivity (Wildman–Crippen MR) is 118 cm³/mol. The summed E-state index contributed by atoms with van der Waals surface area (Å²) in [5.74, 6) is -0.292. The van der Waals surface area contributed by atoms with Gasteiger partial charge in [0.15, 0.2) is 0 Å². The number of hydrogen-bond donors (Lipinski definition) is 3. The topological polar surface area (TPSA) is 118 Å². The Morgan fingerprint density at radius 1 is 1.13 bits per heavy atom. The molecule has 2 saturated heterocycles. The molecule has 0 aromatic heterocycles. The molecule has 1 aromatic rings. The van der Waals surface area contributed by atoms with Gasteiger partial charge in [-0.25, -0.2) is 9.59 Å². The van der Waals surface area contributed by atoms with Crippen LogP contribution in [0.25, 0.3) is 0 Å². The number of nitrogens with one attached hydrogen (secondary N) is 3. The predicted octanol–water partition coefficient (Wildman–Crippen LogP) is 2.05. The lowest BCUT2D eigenvalue weighted by molar-refractivity contribution is -0.121. The second-order valence-electron chi connectivity index (χ2n) is 8.54. The molecule has 10 nitrogen and oxygen atoms in total.